The molecular formula is C7H12FeO5. The van der Waals surface area contributed by atoms with Crippen molar-refractivity contribution in [3.8, 4) is 0 Å². The molecule has 0 bridgehead atoms. The summed E-state index contributed by atoms with van der Waals surface area (Å²) < 4.78 is 0. The van der Waals surface area contributed by atoms with Gasteiger partial charge in [-0.1, -0.05) is 6.58 Å². The van der Waals surface area contributed by atoms with Gasteiger partial charge in [0.15, 0.2) is 0 Å². The van der Waals surface area contributed by atoms with Crippen LogP contribution in [0.4, 0.5) is 0 Å². The molecule has 0 spiro atoms. The van der Waals surface area contributed by atoms with Gasteiger partial charge in [-0.25, -0.2) is 0 Å². The van der Waals surface area contributed by atoms with Crippen molar-refractivity contribution in [2.75, 3.05) is 0 Å². The Kier molecular flexibility index (Phi) is 8430. The molecule has 0 heterocycles. The zero-order chi connectivity index (χ0) is 11.4. The minimum Gasteiger partial charge on any atom is -0.307 e. The number of carbonyl (C=O) groups excluding carboxylic acids is 5. The average molecular weight is 232 g/mol. The molecule has 0 radical (unpaired) electrons. The second-order valence-corrected chi connectivity index (χ2v) is 0.372. The van der Waals surface area contributed by atoms with E-state index in [1.165, 1.54) is 6.08 Å². The van der Waals surface area contributed by atoms with E-state index in [2.05, 4.69) is 6.58 Å². The summed E-state index contributed by atoms with van der Waals surface area (Å²) in [5.41, 5.74) is 0. The molecule has 0 amide bonds. The third-order valence-electron chi connectivity index (χ3n) is 0.0962. The topological polar surface area (TPSA) is 85.3 Å². The molecule has 0 aromatic rings. The zero-order valence-electron chi connectivity index (χ0n) is 7.09. The van der Waals surface area contributed by atoms with Crippen molar-refractivity contribution in [2.24, 2.45) is 0 Å². The number of carbonyl (C=O) groups is 5. The van der Waals surface area contributed by atoms with E-state index in [0.29, 0.717) is 6.29 Å². The van der Waals surface area contributed by atoms with E-state index < -0.39 is 0 Å². The summed E-state index contributed by atoms with van der Waals surface area (Å²) in [4.78, 5) is 41.1. The summed E-state index contributed by atoms with van der Waals surface area (Å²) in [6.45, 7) is 11.1. The van der Waals surface area contributed by atoms with Crippen LogP contribution in [0.25, 0.3) is 0 Å². The summed E-state index contributed by atoms with van der Waals surface area (Å²) >= 11 is 0. The van der Waals surface area contributed by atoms with Crippen molar-refractivity contribution in [1.29, 1.82) is 0 Å². The van der Waals surface area contributed by atoms with Gasteiger partial charge in [-0.3, -0.25) is 4.79 Å². The normalized spacial score (nSPS) is 2.77. The first kappa shape index (κ1) is 41.5. The van der Waals surface area contributed by atoms with E-state index in [1.807, 2.05) is 27.2 Å². The van der Waals surface area contributed by atoms with Crippen LogP contribution in [0, 0.1) is 0 Å². The van der Waals surface area contributed by atoms with Gasteiger partial charge in [0, 0.05) is 17.1 Å². The Morgan fingerprint density at radius 3 is 0.769 bits per heavy atom. The summed E-state index contributed by atoms with van der Waals surface area (Å²) in [6, 6.07) is 0. The molecule has 6 heteroatoms. The smallest absolute Gasteiger partial charge is 0.142 e. The van der Waals surface area contributed by atoms with Gasteiger partial charge in [-0.15, -0.1) is 0 Å². The van der Waals surface area contributed by atoms with E-state index in [1.54, 1.807) is 0 Å². The summed E-state index contributed by atoms with van der Waals surface area (Å²) in [6.07, 6.45) is 1.83. The van der Waals surface area contributed by atoms with Crippen molar-refractivity contribution in [3.05, 3.63) is 12.7 Å². The minimum absolute atomic E-state index is 0. The Hall–Kier alpha value is -1.39. The Labute approximate surface area is 87.7 Å². The third-order valence-corrected chi connectivity index (χ3v) is 0.0962. The molecule has 0 aromatic carbocycles. The van der Waals surface area contributed by atoms with Crippen LogP contribution in [-0.4, -0.2) is 33.4 Å². The average Bonchev–Trinajstić information content (AvgIpc) is 2.29. The molecule has 5 nitrogen and oxygen atoms in total. The third kappa shape index (κ3) is 5160. The Balaban J connectivity index is -0.0000000122. The standard InChI is InChI=1S/C3H4O.4CH2O.Fe/c1-2-3-4;4*1-2;/h2-3H,1H2;4*1H2;. The second-order valence-electron chi connectivity index (χ2n) is 0.372. The van der Waals surface area contributed by atoms with E-state index in [9.17, 15) is 0 Å². The first-order valence-electron chi connectivity index (χ1n) is 2.13. The predicted molar refractivity (Wildman–Crippen MR) is 44.7 cm³/mol. The molecule has 78 valence electrons. The van der Waals surface area contributed by atoms with Crippen molar-refractivity contribution < 1.29 is 41.0 Å². The van der Waals surface area contributed by atoms with Gasteiger partial charge in [0.05, 0.1) is 0 Å². The quantitative estimate of drug-likeness (QED) is 0.349. The Morgan fingerprint density at radius 2 is 0.769 bits per heavy atom. The fourth-order valence-electron chi connectivity index (χ4n) is 0. The fourth-order valence-corrected chi connectivity index (χ4v) is 0. The first-order chi connectivity index (χ1) is 5.91. The number of rotatable bonds is 1. The molecule has 0 N–H and O–H groups in total. The Morgan fingerprint density at radius 1 is 0.692 bits per heavy atom. The second kappa shape index (κ2) is 2640. The molecule has 0 atom stereocenters. The van der Waals surface area contributed by atoms with Gasteiger partial charge < -0.3 is 19.2 Å². The first-order valence-corrected chi connectivity index (χ1v) is 2.13. The number of allylic oxidation sites excluding steroid dienone is 1. The van der Waals surface area contributed by atoms with Crippen molar-refractivity contribution in [3.63, 3.8) is 0 Å². The summed E-state index contributed by atoms with van der Waals surface area (Å²) in [7, 11) is 0. The van der Waals surface area contributed by atoms with Crippen molar-refractivity contribution >= 4 is 33.4 Å². The molecule has 0 aromatic heterocycles. The van der Waals surface area contributed by atoms with Crippen molar-refractivity contribution in [1.82, 2.24) is 0 Å². The predicted octanol–water partition coefficient (Wildman–Crippen LogP) is -0.371. The van der Waals surface area contributed by atoms with E-state index in [0.717, 1.165) is 0 Å². The number of hydrogen-bond acceptors (Lipinski definition) is 5. The summed E-state index contributed by atoms with van der Waals surface area (Å²) in [5, 5.41) is 0. The maximum atomic E-state index is 9.06. The van der Waals surface area contributed by atoms with Gasteiger partial charge in [-0.05, 0) is 6.08 Å². The maximum absolute atomic E-state index is 9.06. The molecule has 0 aliphatic heterocycles. The monoisotopic (exact) mass is 232 g/mol. The molecule has 13 heavy (non-hydrogen) atoms. The molecule has 0 aliphatic carbocycles. The minimum atomic E-state index is 0. The fraction of sp³-hybridized carbons (Fsp3) is 0. The largest absolute Gasteiger partial charge is 0.307 e. The van der Waals surface area contributed by atoms with Crippen LogP contribution >= 0.6 is 0 Å². The van der Waals surface area contributed by atoms with E-state index in [4.69, 9.17) is 24.0 Å². The molecule has 0 rings (SSSR count). The summed E-state index contributed by atoms with van der Waals surface area (Å²) in [5.74, 6) is 0. The van der Waals surface area contributed by atoms with Gasteiger partial charge >= 0.3 is 0 Å². The Bertz CT molecular complexity index is 65.3. The van der Waals surface area contributed by atoms with Crippen LogP contribution in [0.2, 0.25) is 0 Å². The van der Waals surface area contributed by atoms with Crippen LogP contribution < -0.4 is 0 Å². The van der Waals surface area contributed by atoms with E-state index in [-0.39, 0.29) is 17.1 Å². The molecule has 0 unspecified atom stereocenters. The molecule has 0 fully saturated rings. The van der Waals surface area contributed by atoms with Crippen LogP contribution in [0.5, 0.6) is 0 Å². The van der Waals surface area contributed by atoms with Gasteiger partial charge in [0.1, 0.15) is 33.4 Å². The van der Waals surface area contributed by atoms with Crippen LogP contribution in [0.3, 0.4) is 0 Å². The SMILES string of the molecule is C=CC=O.C=O.C=O.C=O.C=O.[Fe]. The van der Waals surface area contributed by atoms with Crippen LogP contribution in [-0.2, 0) is 41.0 Å². The van der Waals surface area contributed by atoms with E-state index >= 15 is 0 Å². The number of aldehydes is 1. The van der Waals surface area contributed by atoms with Crippen LogP contribution in [0.15, 0.2) is 12.7 Å². The van der Waals surface area contributed by atoms with Gasteiger partial charge in [-0.2, -0.15) is 0 Å². The van der Waals surface area contributed by atoms with Crippen LogP contribution in [0.1, 0.15) is 0 Å². The zero-order valence-corrected chi connectivity index (χ0v) is 8.19. The van der Waals surface area contributed by atoms with Gasteiger partial charge in [0.2, 0.25) is 0 Å². The number of hydrogen-bond donors (Lipinski definition) is 0. The molecule has 0 aliphatic rings. The van der Waals surface area contributed by atoms with Gasteiger partial charge in [0.25, 0.3) is 0 Å². The molecule has 0 saturated carbocycles. The molecular weight excluding hydrogens is 220 g/mol. The van der Waals surface area contributed by atoms with Crippen molar-refractivity contribution in [2.45, 2.75) is 0 Å². The molecule has 0 saturated heterocycles. The maximum Gasteiger partial charge on any atom is 0.142 e.